The number of nitrogens with zero attached hydrogens (tertiary/aromatic N) is 1. The Morgan fingerprint density at radius 3 is 2.63 bits per heavy atom. The Morgan fingerprint density at radius 1 is 1.32 bits per heavy atom. The van der Waals surface area contributed by atoms with Crippen molar-refractivity contribution in [2.75, 3.05) is 13.1 Å². The van der Waals surface area contributed by atoms with Crippen molar-refractivity contribution >= 4 is 5.91 Å². The Morgan fingerprint density at radius 2 is 2.00 bits per heavy atom. The predicted octanol–water partition coefficient (Wildman–Crippen LogP) is 1.20. The van der Waals surface area contributed by atoms with Crippen LogP contribution in [0.1, 0.15) is 25.3 Å². The predicted molar refractivity (Wildman–Crippen MR) is 71.9 cm³/mol. The molecule has 0 spiro atoms. The summed E-state index contributed by atoms with van der Waals surface area (Å²) in [5.74, 6) is -0.150. The van der Waals surface area contributed by atoms with Gasteiger partial charge in [0.15, 0.2) is 11.5 Å². The van der Waals surface area contributed by atoms with E-state index in [0.29, 0.717) is 6.54 Å². The molecule has 1 aromatic carbocycles. The minimum absolute atomic E-state index is 0.125. The third-order valence-corrected chi connectivity index (χ3v) is 3.44. The van der Waals surface area contributed by atoms with Crippen molar-refractivity contribution in [1.82, 2.24) is 10.2 Å². The maximum atomic E-state index is 12.1. The normalized spacial score (nSPS) is 16.6. The fourth-order valence-electron chi connectivity index (χ4n) is 2.25. The molecule has 1 heterocycles. The first-order valence-electron chi connectivity index (χ1n) is 6.61. The molecule has 1 amide bonds. The fraction of sp³-hybridized carbons (Fsp3) is 0.500. The van der Waals surface area contributed by atoms with Gasteiger partial charge in [-0.2, -0.15) is 0 Å². The van der Waals surface area contributed by atoms with Gasteiger partial charge in [0, 0.05) is 19.6 Å². The van der Waals surface area contributed by atoms with Gasteiger partial charge < -0.3 is 20.4 Å². The summed E-state index contributed by atoms with van der Waals surface area (Å²) >= 11 is 0. The zero-order valence-electron chi connectivity index (χ0n) is 11.1. The quantitative estimate of drug-likeness (QED) is 0.714. The van der Waals surface area contributed by atoms with Crippen LogP contribution in [-0.2, 0) is 11.3 Å². The molecule has 1 aromatic rings. The van der Waals surface area contributed by atoms with Crippen LogP contribution in [0.4, 0.5) is 0 Å². The third kappa shape index (κ3) is 3.38. The highest BCUT2D eigenvalue weighted by Gasteiger charge is 2.22. The van der Waals surface area contributed by atoms with E-state index in [4.69, 9.17) is 0 Å². The minimum Gasteiger partial charge on any atom is -0.504 e. The molecular weight excluding hydrogens is 244 g/mol. The molecule has 1 aliphatic heterocycles. The monoisotopic (exact) mass is 264 g/mol. The number of likely N-dealkylation sites (tertiary alicyclic amines) is 1. The minimum atomic E-state index is -0.242. The van der Waals surface area contributed by atoms with Crippen LogP contribution in [0.3, 0.4) is 0 Å². The van der Waals surface area contributed by atoms with Gasteiger partial charge in [0.05, 0.1) is 6.04 Å². The molecule has 5 nitrogen and oxygen atoms in total. The number of hydrogen-bond donors (Lipinski definition) is 3. The van der Waals surface area contributed by atoms with E-state index in [9.17, 15) is 15.0 Å². The highest BCUT2D eigenvalue weighted by atomic mass is 16.3. The average Bonchev–Trinajstić information content (AvgIpc) is 2.93. The lowest BCUT2D eigenvalue weighted by Crippen LogP contribution is -2.43. The molecule has 1 saturated heterocycles. The molecule has 1 fully saturated rings. The molecule has 1 aliphatic rings. The summed E-state index contributed by atoms with van der Waals surface area (Å²) in [5, 5.41) is 21.8. The first kappa shape index (κ1) is 13.7. The summed E-state index contributed by atoms with van der Waals surface area (Å²) in [4.78, 5) is 13.9. The largest absolute Gasteiger partial charge is 0.504 e. The van der Waals surface area contributed by atoms with Crippen LogP contribution in [0.15, 0.2) is 18.2 Å². The van der Waals surface area contributed by atoms with E-state index in [1.165, 1.54) is 12.1 Å². The topological polar surface area (TPSA) is 72.8 Å². The van der Waals surface area contributed by atoms with Crippen molar-refractivity contribution in [1.29, 1.82) is 0 Å². The first-order chi connectivity index (χ1) is 9.08. The highest BCUT2D eigenvalue weighted by Crippen LogP contribution is 2.24. The van der Waals surface area contributed by atoms with Gasteiger partial charge in [-0.1, -0.05) is 6.07 Å². The van der Waals surface area contributed by atoms with E-state index in [2.05, 4.69) is 5.32 Å². The van der Waals surface area contributed by atoms with Gasteiger partial charge in [0.25, 0.3) is 0 Å². The molecule has 1 unspecified atom stereocenters. The first-order valence-corrected chi connectivity index (χ1v) is 6.61. The second kappa shape index (κ2) is 5.93. The molecule has 19 heavy (non-hydrogen) atoms. The second-order valence-corrected chi connectivity index (χ2v) is 4.96. The summed E-state index contributed by atoms with van der Waals surface area (Å²) in [7, 11) is 0. The Bertz CT molecular complexity index is 456. The molecule has 0 radical (unpaired) electrons. The summed E-state index contributed by atoms with van der Waals surface area (Å²) in [6.45, 7) is 4.03. The molecule has 0 bridgehead atoms. The molecule has 0 aliphatic carbocycles. The smallest absolute Gasteiger partial charge is 0.239 e. The number of carbonyl (C=O) groups is 1. The highest BCUT2D eigenvalue weighted by molar-refractivity contribution is 5.81. The van der Waals surface area contributed by atoms with Gasteiger partial charge >= 0.3 is 0 Å². The molecule has 104 valence electrons. The molecule has 1 atom stereocenters. The number of hydrogen-bond acceptors (Lipinski definition) is 4. The Hall–Kier alpha value is -1.75. The summed E-state index contributed by atoms with van der Waals surface area (Å²) in [6.07, 6.45) is 2.18. The zero-order chi connectivity index (χ0) is 13.8. The summed E-state index contributed by atoms with van der Waals surface area (Å²) in [6, 6.07) is 4.41. The number of benzene rings is 1. The van der Waals surface area contributed by atoms with E-state index in [0.717, 1.165) is 31.5 Å². The van der Waals surface area contributed by atoms with Gasteiger partial charge in [-0.05, 0) is 37.5 Å². The van der Waals surface area contributed by atoms with Crippen molar-refractivity contribution in [2.24, 2.45) is 0 Å². The van der Waals surface area contributed by atoms with Crippen molar-refractivity contribution in [2.45, 2.75) is 32.4 Å². The van der Waals surface area contributed by atoms with Crippen LogP contribution in [0, 0.1) is 0 Å². The van der Waals surface area contributed by atoms with Crippen molar-refractivity contribution in [3.8, 4) is 11.5 Å². The van der Waals surface area contributed by atoms with Crippen LogP contribution in [0.5, 0.6) is 11.5 Å². The van der Waals surface area contributed by atoms with Crippen LogP contribution < -0.4 is 5.32 Å². The van der Waals surface area contributed by atoms with Crippen LogP contribution >= 0.6 is 0 Å². The van der Waals surface area contributed by atoms with Crippen LogP contribution in [0.2, 0.25) is 0 Å². The number of carbonyl (C=O) groups excluding carboxylic acids is 1. The van der Waals surface area contributed by atoms with E-state index in [1.807, 2.05) is 11.8 Å². The summed E-state index contributed by atoms with van der Waals surface area (Å²) < 4.78 is 0. The third-order valence-electron chi connectivity index (χ3n) is 3.44. The maximum Gasteiger partial charge on any atom is 0.239 e. The summed E-state index contributed by atoms with van der Waals surface area (Å²) in [5.41, 5.74) is 0.830. The van der Waals surface area contributed by atoms with Crippen molar-refractivity contribution in [3.63, 3.8) is 0 Å². The van der Waals surface area contributed by atoms with E-state index < -0.39 is 0 Å². The van der Waals surface area contributed by atoms with Gasteiger partial charge in [0.2, 0.25) is 5.91 Å². The number of rotatable bonds is 4. The SMILES string of the molecule is CC(NCc1ccc(O)c(O)c1)C(=O)N1CCCC1. The molecule has 0 aromatic heterocycles. The lowest BCUT2D eigenvalue weighted by molar-refractivity contribution is -0.131. The van der Waals surface area contributed by atoms with Gasteiger partial charge in [-0.3, -0.25) is 4.79 Å². The van der Waals surface area contributed by atoms with Gasteiger partial charge in [0.1, 0.15) is 0 Å². The average molecular weight is 264 g/mol. The van der Waals surface area contributed by atoms with Crippen LogP contribution in [0.25, 0.3) is 0 Å². The standard InChI is InChI=1S/C14H20N2O3/c1-10(14(19)16-6-2-3-7-16)15-9-11-4-5-12(17)13(18)8-11/h4-5,8,10,15,17-18H,2-3,6-7,9H2,1H3. The fourth-order valence-corrected chi connectivity index (χ4v) is 2.25. The van der Waals surface area contributed by atoms with E-state index >= 15 is 0 Å². The van der Waals surface area contributed by atoms with Gasteiger partial charge in [-0.15, -0.1) is 0 Å². The van der Waals surface area contributed by atoms with Gasteiger partial charge in [-0.25, -0.2) is 0 Å². The lowest BCUT2D eigenvalue weighted by atomic mass is 10.2. The zero-order valence-corrected chi connectivity index (χ0v) is 11.1. The van der Waals surface area contributed by atoms with E-state index in [-0.39, 0.29) is 23.4 Å². The number of phenolic OH excluding ortho intramolecular Hbond substituents is 2. The van der Waals surface area contributed by atoms with Crippen molar-refractivity contribution < 1.29 is 15.0 Å². The Kier molecular flexibility index (Phi) is 4.27. The molecule has 5 heteroatoms. The molecule has 2 rings (SSSR count). The lowest BCUT2D eigenvalue weighted by Gasteiger charge is -2.21. The maximum absolute atomic E-state index is 12.1. The Balaban J connectivity index is 1.87. The molecule has 0 saturated carbocycles. The molecule has 3 N–H and O–H groups in total. The van der Waals surface area contributed by atoms with Crippen molar-refractivity contribution in [3.05, 3.63) is 23.8 Å². The second-order valence-electron chi connectivity index (χ2n) is 4.96. The number of amides is 1. The van der Waals surface area contributed by atoms with Crippen LogP contribution in [-0.4, -0.2) is 40.2 Å². The Labute approximate surface area is 112 Å². The molecular formula is C14H20N2O3. The van der Waals surface area contributed by atoms with E-state index in [1.54, 1.807) is 6.07 Å². The number of aromatic hydroxyl groups is 2. The number of nitrogens with one attached hydrogen (secondary N) is 1. The number of phenols is 2.